The number of aromatic nitrogens is 10. The zero-order chi connectivity index (χ0) is 48.8. The fourth-order valence-corrected chi connectivity index (χ4v) is 7.48. The van der Waals surface area contributed by atoms with Crippen molar-refractivity contribution in [2.24, 2.45) is 0 Å². The van der Waals surface area contributed by atoms with Gasteiger partial charge in [-0.25, -0.2) is 18.1 Å². The van der Waals surface area contributed by atoms with Crippen LogP contribution in [0.4, 0.5) is 20.4 Å². The monoisotopic (exact) mass is 1100 g/mol. The number of aliphatic hydroxyl groups excluding tert-OH is 1. The first-order valence-electron chi connectivity index (χ1n) is 19.7. The van der Waals surface area contributed by atoms with Crippen molar-refractivity contribution in [2.45, 2.75) is 46.3 Å². The van der Waals surface area contributed by atoms with Crippen LogP contribution in [0.5, 0.6) is 11.5 Å². The van der Waals surface area contributed by atoms with E-state index in [0.717, 1.165) is 0 Å². The van der Waals surface area contributed by atoms with Crippen molar-refractivity contribution in [1.29, 1.82) is 0 Å². The van der Waals surface area contributed by atoms with Gasteiger partial charge in [0.1, 0.15) is 36.6 Å². The molecule has 1 unspecified atom stereocenters. The zero-order valence-corrected chi connectivity index (χ0v) is 39.8. The highest BCUT2D eigenvalue weighted by atomic mass is 79.9. The van der Waals surface area contributed by atoms with E-state index in [1.54, 1.807) is 21.8 Å². The molecule has 350 valence electrons. The first-order chi connectivity index (χ1) is 32.5. The number of nitrogens with zero attached hydrogens (tertiary/aromatic N) is 12. The van der Waals surface area contributed by atoms with Crippen LogP contribution in [-0.4, -0.2) is 69.8 Å². The van der Waals surface area contributed by atoms with Crippen molar-refractivity contribution < 1.29 is 38.0 Å². The Morgan fingerprint density at radius 2 is 1.24 bits per heavy atom. The third-order valence-electron chi connectivity index (χ3n) is 9.66. The van der Waals surface area contributed by atoms with E-state index in [2.05, 4.69) is 62.2 Å². The molecule has 6 heterocycles. The molecule has 0 aliphatic heterocycles. The number of carbonyl (C=O) groups excluding carboxylic acids is 1. The van der Waals surface area contributed by atoms with Crippen molar-refractivity contribution in [3.05, 3.63) is 183 Å². The van der Waals surface area contributed by atoms with Gasteiger partial charge in [0, 0.05) is 66.4 Å². The lowest BCUT2D eigenvalue weighted by molar-refractivity contribution is -0.390. The summed E-state index contributed by atoms with van der Waals surface area (Å²) >= 11 is 18.7. The number of carbonyl (C=O) groups is 1. The highest BCUT2D eigenvalue weighted by molar-refractivity contribution is 9.10. The second-order valence-electron chi connectivity index (χ2n) is 14.1. The Balaban J connectivity index is 0.000000201. The van der Waals surface area contributed by atoms with E-state index in [1.807, 2.05) is 13.8 Å². The highest BCUT2D eigenvalue weighted by Crippen LogP contribution is 2.33. The topological polar surface area (TPSA) is 239 Å². The molecular formula is C42H32Br2Cl2F2N12O8. The summed E-state index contributed by atoms with van der Waals surface area (Å²) in [4.78, 5) is 41.8. The van der Waals surface area contributed by atoms with Crippen LogP contribution in [0.3, 0.4) is 0 Å². The predicted molar refractivity (Wildman–Crippen MR) is 246 cm³/mol. The number of rotatable bonds is 16. The number of pyridine rings is 2. The van der Waals surface area contributed by atoms with Gasteiger partial charge in [-0.2, -0.15) is 20.4 Å². The Hall–Kier alpha value is -6.99. The van der Waals surface area contributed by atoms with E-state index in [9.17, 15) is 38.9 Å². The molecule has 0 radical (unpaired) electrons. The molecule has 0 aliphatic carbocycles. The molecule has 0 amide bonds. The van der Waals surface area contributed by atoms with Crippen molar-refractivity contribution in [1.82, 2.24) is 49.1 Å². The molecular weight excluding hydrogens is 1070 g/mol. The molecule has 0 spiro atoms. The van der Waals surface area contributed by atoms with Crippen LogP contribution in [0.25, 0.3) is 11.4 Å². The molecule has 1 N–H and O–H groups in total. The Labute approximate surface area is 409 Å². The van der Waals surface area contributed by atoms with Crippen LogP contribution in [0, 0.1) is 31.9 Å². The summed E-state index contributed by atoms with van der Waals surface area (Å²) < 4.78 is 46.4. The summed E-state index contributed by atoms with van der Waals surface area (Å²) in [6.45, 7) is 4.50. The summed E-state index contributed by atoms with van der Waals surface area (Å²) in [6.07, 6.45) is 7.70. The van der Waals surface area contributed by atoms with Gasteiger partial charge < -0.3 is 34.8 Å². The number of hydrogen-bond acceptors (Lipinski definition) is 14. The fourth-order valence-electron chi connectivity index (χ4n) is 6.49. The van der Waals surface area contributed by atoms with Gasteiger partial charge in [-0.3, -0.25) is 14.2 Å². The van der Waals surface area contributed by atoms with Crippen molar-refractivity contribution in [3.63, 3.8) is 0 Å². The molecule has 1 atom stereocenters. The summed E-state index contributed by atoms with van der Waals surface area (Å²) in [6, 6.07) is 13.4. The maximum absolute atomic E-state index is 14.1. The molecule has 68 heavy (non-hydrogen) atoms. The lowest BCUT2D eigenvalue weighted by atomic mass is 10.1. The summed E-state index contributed by atoms with van der Waals surface area (Å²) in [5, 5.41) is 50.4. The van der Waals surface area contributed by atoms with Gasteiger partial charge in [-0.05, 0) is 102 Å². The second-order valence-corrected chi connectivity index (χ2v) is 16.7. The number of aryl methyl sites for hydroxylation is 2. The number of hydrogen-bond donors (Lipinski definition) is 1. The number of halogens is 6. The standard InChI is InChI=1S/C21H17BrClFN6O4.C21H15BrClFN6O4/c2*1-2-28-10-13(8-26-28)20(31)17-7-19(23)27-29(17)16-4-3-15(24)5-12(16)11-34-18-6-14(22)9-25-21(18)30(32)33/h3-10,20,31H,2,11H2,1H3;3-10H,2,11H2,1H3. The zero-order valence-electron chi connectivity index (χ0n) is 35.1. The van der Waals surface area contributed by atoms with Gasteiger partial charge >= 0.3 is 11.6 Å². The Morgan fingerprint density at radius 1 is 0.735 bits per heavy atom. The number of aliphatic hydroxyl groups is 1. The van der Waals surface area contributed by atoms with Crippen LogP contribution in [-0.2, 0) is 26.3 Å². The van der Waals surface area contributed by atoms with E-state index in [1.165, 1.54) is 94.8 Å². The molecule has 0 bridgehead atoms. The largest absolute Gasteiger partial charge is 0.481 e. The van der Waals surface area contributed by atoms with Gasteiger partial charge in [0.05, 0.1) is 44.0 Å². The third-order valence-corrected chi connectivity index (χ3v) is 10.9. The fraction of sp³-hybridized carbons (Fsp3) is 0.167. The number of ether oxygens (including phenoxy) is 2. The van der Waals surface area contributed by atoms with E-state index < -0.39 is 39.2 Å². The van der Waals surface area contributed by atoms with Gasteiger partial charge in [0.15, 0.2) is 22.7 Å². The van der Waals surface area contributed by atoms with E-state index in [4.69, 9.17) is 32.7 Å². The third kappa shape index (κ3) is 11.2. The van der Waals surface area contributed by atoms with Crippen LogP contribution < -0.4 is 9.47 Å². The maximum Gasteiger partial charge on any atom is 0.406 e. The molecule has 8 rings (SSSR count). The number of ketones is 1. The first kappa shape index (κ1) is 48.9. The molecule has 0 saturated carbocycles. The molecule has 8 aromatic rings. The minimum atomic E-state index is -1.12. The lowest BCUT2D eigenvalue weighted by Crippen LogP contribution is -2.13. The minimum Gasteiger partial charge on any atom is -0.481 e. The highest BCUT2D eigenvalue weighted by Gasteiger charge is 2.25. The maximum atomic E-state index is 14.1. The van der Waals surface area contributed by atoms with Crippen LogP contribution in [0.2, 0.25) is 10.3 Å². The van der Waals surface area contributed by atoms with Crippen LogP contribution >= 0.6 is 55.1 Å². The molecule has 6 aromatic heterocycles. The quantitative estimate of drug-likeness (QED) is 0.0539. The van der Waals surface area contributed by atoms with Gasteiger partial charge in [0.2, 0.25) is 17.3 Å². The molecule has 20 nitrogen and oxygen atoms in total. The Kier molecular flexibility index (Phi) is 15.3. The molecule has 0 fully saturated rings. The predicted octanol–water partition coefficient (Wildman–Crippen LogP) is 9.36. The number of nitro groups is 2. The van der Waals surface area contributed by atoms with Gasteiger partial charge in [0.25, 0.3) is 0 Å². The van der Waals surface area contributed by atoms with E-state index in [-0.39, 0.29) is 52.1 Å². The SMILES string of the molecule is CCn1cc(C(=O)c2cc(Cl)nn2-c2ccc(F)cc2COc2cc(Br)cnc2[N+](=O)[O-])cn1.CCn1cc(C(O)c2cc(Cl)nn2-c2ccc(F)cc2COc2cc(Br)cnc2[N+](=O)[O-])cn1. The Bertz CT molecular complexity index is 3180. The average molecular weight is 1100 g/mol. The smallest absolute Gasteiger partial charge is 0.406 e. The molecule has 26 heteroatoms. The Morgan fingerprint density at radius 3 is 1.75 bits per heavy atom. The second kappa shape index (κ2) is 21.3. The van der Waals surface area contributed by atoms with Crippen molar-refractivity contribution in [3.8, 4) is 22.9 Å². The first-order valence-corrected chi connectivity index (χ1v) is 22.1. The summed E-state index contributed by atoms with van der Waals surface area (Å²) in [5.41, 5.74) is 2.57. The van der Waals surface area contributed by atoms with Crippen molar-refractivity contribution in [2.75, 3.05) is 0 Å². The minimum absolute atomic E-state index is 0.0502. The van der Waals surface area contributed by atoms with Crippen LogP contribution in [0.15, 0.2) is 107 Å². The lowest BCUT2D eigenvalue weighted by Gasteiger charge is -2.16. The van der Waals surface area contributed by atoms with Crippen molar-refractivity contribution >= 4 is 72.5 Å². The number of benzene rings is 2. The molecule has 2 aromatic carbocycles. The average Bonchev–Trinajstić information content (AvgIpc) is 4.14. The summed E-state index contributed by atoms with van der Waals surface area (Å²) in [7, 11) is 0. The van der Waals surface area contributed by atoms with E-state index >= 15 is 0 Å². The van der Waals surface area contributed by atoms with Crippen LogP contribution in [0.1, 0.15) is 58.4 Å². The summed E-state index contributed by atoms with van der Waals surface area (Å²) in [5.74, 6) is -2.69. The van der Waals surface area contributed by atoms with Gasteiger partial charge in [-0.15, -0.1) is 0 Å². The van der Waals surface area contributed by atoms with Gasteiger partial charge in [-0.1, -0.05) is 23.2 Å². The molecule has 0 aliphatic rings. The normalized spacial score (nSPS) is 11.5. The van der Waals surface area contributed by atoms with E-state index in [0.29, 0.717) is 55.8 Å². The molecule has 0 saturated heterocycles.